The smallest absolute Gasteiger partial charge is 0.328 e. The number of halogens is 2. The Labute approximate surface area is 122 Å². The lowest BCUT2D eigenvalue weighted by atomic mass is 10.0. The minimum atomic E-state index is -1.01. The number of allylic oxidation sites excluding steroid dienone is 1. The molecule has 0 heterocycles. The van der Waals surface area contributed by atoms with Crippen molar-refractivity contribution >= 4 is 34.7 Å². The van der Waals surface area contributed by atoms with Crippen LogP contribution < -0.4 is 4.74 Å². The molecule has 0 aromatic heterocycles. The van der Waals surface area contributed by atoms with Gasteiger partial charge in [-0.2, -0.15) is 0 Å². The van der Waals surface area contributed by atoms with Crippen LogP contribution in [0.15, 0.2) is 18.2 Å². The molecule has 0 saturated heterocycles. The molecule has 0 spiro atoms. The third kappa shape index (κ3) is 4.44. The predicted octanol–water partition coefficient (Wildman–Crippen LogP) is 4.66. The summed E-state index contributed by atoms with van der Waals surface area (Å²) in [5.74, 6) is -0.517. The van der Waals surface area contributed by atoms with Crippen molar-refractivity contribution in [2.24, 2.45) is 0 Å². The normalized spacial score (nSPS) is 11.5. The third-order valence-electron chi connectivity index (χ3n) is 2.48. The van der Waals surface area contributed by atoms with E-state index >= 15 is 0 Å². The highest BCUT2D eigenvalue weighted by molar-refractivity contribution is 6.36. The summed E-state index contributed by atoms with van der Waals surface area (Å²) in [5.41, 5.74) is 1.26. The van der Waals surface area contributed by atoms with E-state index in [-0.39, 0.29) is 0 Å². The Hall–Kier alpha value is -1.19. The summed E-state index contributed by atoms with van der Waals surface area (Å²) in [5, 5.41) is 9.74. The van der Waals surface area contributed by atoms with Gasteiger partial charge in [0.1, 0.15) is 5.75 Å². The van der Waals surface area contributed by atoms with Crippen LogP contribution >= 0.6 is 23.2 Å². The van der Waals surface area contributed by atoms with E-state index in [4.69, 9.17) is 33.0 Å². The first kappa shape index (κ1) is 15.9. The number of hydrogen-bond donors (Lipinski definition) is 1. The Morgan fingerprint density at radius 3 is 2.58 bits per heavy atom. The molecule has 0 radical (unpaired) electrons. The molecular formula is C14H16Cl2O3. The molecule has 1 aromatic carbocycles. The Kier molecular flexibility index (Phi) is 6.19. The molecule has 0 amide bonds. The van der Waals surface area contributed by atoms with Gasteiger partial charge in [-0.25, -0.2) is 4.79 Å². The lowest BCUT2D eigenvalue weighted by molar-refractivity contribution is -0.131. The largest absolute Gasteiger partial charge is 0.491 e. The maximum absolute atomic E-state index is 10.9. The SMILES string of the molecule is CCCOc1c(Cl)cc(Cl)cc1/C(=C/C(=O)O)CC. The van der Waals surface area contributed by atoms with Crippen LogP contribution in [0.5, 0.6) is 5.75 Å². The van der Waals surface area contributed by atoms with Crippen molar-refractivity contribution in [2.45, 2.75) is 26.7 Å². The van der Waals surface area contributed by atoms with E-state index in [2.05, 4.69) is 0 Å². The number of aliphatic carboxylic acids is 1. The second-order valence-electron chi connectivity index (χ2n) is 3.97. The molecule has 0 unspecified atom stereocenters. The first-order chi connectivity index (χ1) is 8.99. The monoisotopic (exact) mass is 302 g/mol. The van der Waals surface area contributed by atoms with E-state index in [0.717, 1.165) is 12.5 Å². The predicted molar refractivity (Wildman–Crippen MR) is 78.2 cm³/mol. The quantitative estimate of drug-likeness (QED) is 0.777. The Bertz CT molecular complexity index is 496. The second-order valence-corrected chi connectivity index (χ2v) is 4.82. The topological polar surface area (TPSA) is 46.5 Å². The first-order valence-electron chi connectivity index (χ1n) is 6.05. The lowest BCUT2D eigenvalue weighted by Gasteiger charge is -2.15. The lowest BCUT2D eigenvalue weighted by Crippen LogP contribution is -2.01. The number of hydrogen-bond acceptors (Lipinski definition) is 2. The van der Waals surface area contributed by atoms with Crippen LogP contribution in [0.3, 0.4) is 0 Å². The Morgan fingerprint density at radius 2 is 2.05 bits per heavy atom. The van der Waals surface area contributed by atoms with Gasteiger partial charge in [-0.15, -0.1) is 0 Å². The van der Waals surface area contributed by atoms with E-state index in [0.29, 0.717) is 40.0 Å². The molecule has 0 fully saturated rings. The molecule has 0 aliphatic heterocycles. The van der Waals surface area contributed by atoms with Crippen molar-refractivity contribution in [2.75, 3.05) is 6.61 Å². The molecule has 0 atom stereocenters. The summed E-state index contributed by atoms with van der Waals surface area (Å²) >= 11 is 12.1. The average molecular weight is 303 g/mol. The van der Waals surface area contributed by atoms with Crippen molar-refractivity contribution in [1.29, 1.82) is 0 Å². The van der Waals surface area contributed by atoms with E-state index in [9.17, 15) is 4.79 Å². The van der Waals surface area contributed by atoms with Crippen LogP contribution in [0, 0.1) is 0 Å². The molecule has 1 aromatic rings. The molecule has 0 saturated carbocycles. The molecule has 1 N–H and O–H groups in total. The second kappa shape index (κ2) is 7.41. The zero-order valence-corrected chi connectivity index (χ0v) is 12.4. The van der Waals surface area contributed by atoms with Gasteiger partial charge in [0.2, 0.25) is 0 Å². The van der Waals surface area contributed by atoms with E-state index < -0.39 is 5.97 Å². The number of carboxylic acid groups (broad SMARTS) is 1. The summed E-state index contributed by atoms with van der Waals surface area (Å²) in [6.45, 7) is 4.36. The maximum atomic E-state index is 10.9. The summed E-state index contributed by atoms with van der Waals surface area (Å²) in [4.78, 5) is 10.9. The average Bonchev–Trinajstić information content (AvgIpc) is 2.34. The van der Waals surface area contributed by atoms with Crippen LogP contribution in [-0.4, -0.2) is 17.7 Å². The van der Waals surface area contributed by atoms with Crippen LogP contribution in [0.25, 0.3) is 5.57 Å². The van der Waals surface area contributed by atoms with Crippen molar-refractivity contribution in [3.8, 4) is 5.75 Å². The van der Waals surface area contributed by atoms with Gasteiger partial charge in [0.05, 0.1) is 11.6 Å². The molecule has 5 heteroatoms. The summed E-state index contributed by atoms with van der Waals surface area (Å²) < 4.78 is 5.61. The van der Waals surface area contributed by atoms with Gasteiger partial charge >= 0.3 is 5.97 Å². The molecule has 19 heavy (non-hydrogen) atoms. The molecular weight excluding hydrogens is 287 g/mol. The number of rotatable bonds is 6. The minimum Gasteiger partial charge on any atom is -0.491 e. The van der Waals surface area contributed by atoms with Crippen molar-refractivity contribution in [1.82, 2.24) is 0 Å². The molecule has 1 rings (SSSR count). The van der Waals surface area contributed by atoms with Gasteiger partial charge < -0.3 is 9.84 Å². The van der Waals surface area contributed by atoms with Gasteiger partial charge in [-0.05, 0) is 30.5 Å². The number of ether oxygens (including phenoxy) is 1. The fourth-order valence-corrected chi connectivity index (χ4v) is 2.22. The van der Waals surface area contributed by atoms with Crippen molar-refractivity contribution in [3.63, 3.8) is 0 Å². The van der Waals surface area contributed by atoms with E-state index in [1.807, 2.05) is 13.8 Å². The molecule has 0 bridgehead atoms. The van der Waals surface area contributed by atoms with Gasteiger partial charge in [0.25, 0.3) is 0 Å². The van der Waals surface area contributed by atoms with Gasteiger partial charge in [-0.1, -0.05) is 37.0 Å². The fraction of sp³-hybridized carbons (Fsp3) is 0.357. The van der Waals surface area contributed by atoms with Crippen LogP contribution in [0.1, 0.15) is 32.3 Å². The first-order valence-corrected chi connectivity index (χ1v) is 6.80. The van der Waals surface area contributed by atoms with Gasteiger partial charge in [-0.3, -0.25) is 0 Å². The Balaban J connectivity index is 3.33. The van der Waals surface area contributed by atoms with E-state index in [1.54, 1.807) is 12.1 Å². The molecule has 0 aliphatic rings. The number of carboxylic acids is 1. The zero-order chi connectivity index (χ0) is 14.4. The van der Waals surface area contributed by atoms with Gasteiger partial charge in [0, 0.05) is 16.7 Å². The standard InChI is InChI=1S/C14H16Cl2O3/c1-3-5-19-14-11(7-10(15)8-12(14)16)9(4-2)6-13(17)18/h6-8H,3-5H2,1-2H3,(H,17,18)/b9-6+. The maximum Gasteiger partial charge on any atom is 0.328 e. The highest BCUT2D eigenvalue weighted by Crippen LogP contribution is 2.37. The van der Waals surface area contributed by atoms with Crippen molar-refractivity contribution in [3.05, 3.63) is 33.8 Å². The highest BCUT2D eigenvalue weighted by Gasteiger charge is 2.14. The zero-order valence-electron chi connectivity index (χ0n) is 10.9. The van der Waals surface area contributed by atoms with E-state index in [1.165, 1.54) is 0 Å². The fourth-order valence-electron chi connectivity index (χ4n) is 1.67. The third-order valence-corrected chi connectivity index (χ3v) is 2.98. The van der Waals surface area contributed by atoms with Gasteiger partial charge in [0.15, 0.2) is 0 Å². The summed E-state index contributed by atoms with van der Waals surface area (Å²) in [6.07, 6.45) is 2.54. The van der Waals surface area contributed by atoms with Crippen LogP contribution in [0.4, 0.5) is 0 Å². The summed E-state index contributed by atoms with van der Waals surface area (Å²) in [6, 6.07) is 3.27. The highest BCUT2D eigenvalue weighted by atomic mass is 35.5. The molecule has 3 nitrogen and oxygen atoms in total. The number of benzene rings is 1. The van der Waals surface area contributed by atoms with Crippen LogP contribution in [0.2, 0.25) is 10.0 Å². The molecule has 0 aliphatic carbocycles. The Morgan fingerprint density at radius 1 is 1.37 bits per heavy atom. The number of carbonyl (C=O) groups is 1. The van der Waals surface area contributed by atoms with Crippen LogP contribution in [-0.2, 0) is 4.79 Å². The minimum absolute atomic E-state index is 0.390. The summed E-state index contributed by atoms with van der Waals surface area (Å²) in [7, 11) is 0. The molecule has 104 valence electrons. The van der Waals surface area contributed by atoms with Crippen molar-refractivity contribution < 1.29 is 14.6 Å².